The number of carbonyl (C=O) groups is 1. The van der Waals surface area contributed by atoms with Crippen molar-refractivity contribution in [3.8, 4) is 5.75 Å². The van der Waals surface area contributed by atoms with Gasteiger partial charge < -0.3 is 31.5 Å². The largest absolute Gasteiger partial charge is 0.508 e. The number of phenols is 1. The van der Waals surface area contributed by atoms with Crippen LogP contribution in [0.2, 0.25) is 0 Å². The second-order valence-corrected chi connectivity index (χ2v) is 7.09. The molecule has 2 aliphatic heterocycles. The van der Waals surface area contributed by atoms with Crippen molar-refractivity contribution < 1.29 is 14.6 Å². The standard InChI is InChI=1S/C21H24N6O3/c22-19(29)18-20(24-11-13-1-7-16(28)8-2-13)26-27-21(18)25-15-5-3-14(4-6-15)17-12-23-9-10-30-17/h1-8,17,21,23-25,28H,9-12H2,(H2,22,29). The Hall–Kier alpha value is -3.43. The molecule has 9 nitrogen and oxygen atoms in total. The number of benzene rings is 2. The Morgan fingerprint density at radius 3 is 2.63 bits per heavy atom. The summed E-state index contributed by atoms with van der Waals surface area (Å²) in [4.78, 5) is 12.0. The zero-order valence-corrected chi connectivity index (χ0v) is 16.3. The third-order valence-corrected chi connectivity index (χ3v) is 4.98. The first-order valence-electron chi connectivity index (χ1n) is 9.75. The smallest absolute Gasteiger partial charge is 0.252 e. The van der Waals surface area contributed by atoms with Crippen LogP contribution in [0, 0.1) is 0 Å². The van der Waals surface area contributed by atoms with Crippen molar-refractivity contribution in [2.75, 3.05) is 25.0 Å². The summed E-state index contributed by atoms with van der Waals surface area (Å²) in [5, 5.41) is 27.2. The lowest BCUT2D eigenvalue weighted by molar-refractivity contribution is -0.114. The number of anilines is 1. The summed E-state index contributed by atoms with van der Waals surface area (Å²) in [5.74, 6) is -0.0617. The second-order valence-electron chi connectivity index (χ2n) is 7.09. The van der Waals surface area contributed by atoms with Crippen molar-refractivity contribution in [1.29, 1.82) is 0 Å². The van der Waals surface area contributed by atoms with Crippen LogP contribution in [0.3, 0.4) is 0 Å². The highest BCUT2D eigenvalue weighted by atomic mass is 16.5. The van der Waals surface area contributed by atoms with Crippen LogP contribution in [0.4, 0.5) is 5.69 Å². The molecule has 2 aromatic rings. The zero-order valence-electron chi connectivity index (χ0n) is 16.3. The van der Waals surface area contributed by atoms with Crippen molar-refractivity contribution in [2.24, 2.45) is 16.0 Å². The molecule has 6 N–H and O–H groups in total. The molecule has 4 rings (SSSR count). The van der Waals surface area contributed by atoms with Crippen molar-refractivity contribution in [3.63, 3.8) is 0 Å². The second kappa shape index (κ2) is 8.93. The third-order valence-electron chi connectivity index (χ3n) is 4.98. The van der Waals surface area contributed by atoms with E-state index >= 15 is 0 Å². The number of hydrogen-bond donors (Lipinski definition) is 5. The Morgan fingerprint density at radius 1 is 1.20 bits per heavy atom. The van der Waals surface area contributed by atoms with E-state index in [0.717, 1.165) is 29.9 Å². The van der Waals surface area contributed by atoms with E-state index in [4.69, 9.17) is 10.5 Å². The number of hydrogen-bond acceptors (Lipinski definition) is 8. The first-order chi connectivity index (χ1) is 14.6. The lowest BCUT2D eigenvalue weighted by Crippen LogP contribution is -2.33. The van der Waals surface area contributed by atoms with E-state index in [9.17, 15) is 9.90 Å². The molecule has 2 heterocycles. The summed E-state index contributed by atoms with van der Waals surface area (Å²) < 4.78 is 5.76. The molecule has 0 radical (unpaired) electrons. The SMILES string of the molecule is NC(=O)C1=C(NCc2ccc(O)cc2)N=NC1Nc1ccc(C2CNCCO2)cc1. The van der Waals surface area contributed by atoms with Gasteiger partial charge >= 0.3 is 0 Å². The molecule has 0 saturated carbocycles. The fourth-order valence-corrected chi connectivity index (χ4v) is 3.37. The van der Waals surface area contributed by atoms with Crippen LogP contribution < -0.4 is 21.7 Å². The molecule has 2 aromatic carbocycles. The molecule has 0 aliphatic carbocycles. The van der Waals surface area contributed by atoms with Crippen LogP contribution in [0.15, 0.2) is 70.2 Å². The van der Waals surface area contributed by atoms with Gasteiger partial charge in [0.05, 0.1) is 12.7 Å². The molecule has 9 heteroatoms. The van der Waals surface area contributed by atoms with Gasteiger partial charge in [-0.05, 0) is 35.4 Å². The minimum Gasteiger partial charge on any atom is -0.508 e. The number of aromatic hydroxyl groups is 1. The Labute approximate surface area is 174 Å². The summed E-state index contributed by atoms with van der Waals surface area (Å²) in [6.07, 6.45) is -0.626. The third kappa shape index (κ3) is 4.58. The number of nitrogens with two attached hydrogens (primary N) is 1. The van der Waals surface area contributed by atoms with Crippen molar-refractivity contribution in [2.45, 2.75) is 18.8 Å². The van der Waals surface area contributed by atoms with Crippen molar-refractivity contribution in [3.05, 3.63) is 71.1 Å². The quantitative estimate of drug-likeness (QED) is 0.474. The number of ether oxygens (including phenoxy) is 1. The number of azo groups is 1. The maximum atomic E-state index is 12.0. The maximum absolute atomic E-state index is 12.0. The van der Waals surface area contributed by atoms with Crippen LogP contribution in [-0.4, -0.2) is 36.9 Å². The van der Waals surface area contributed by atoms with Gasteiger partial charge in [-0.15, -0.1) is 5.11 Å². The number of carbonyl (C=O) groups excluding carboxylic acids is 1. The van der Waals surface area contributed by atoms with E-state index in [2.05, 4.69) is 26.2 Å². The number of amides is 1. The molecule has 2 atom stereocenters. The van der Waals surface area contributed by atoms with E-state index < -0.39 is 12.1 Å². The normalized spacial score (nSPS) is 20.9. The number of nitrogens with one attached hydrogen (secondary N) is 3. The topological polar surface area (TPSA) is 133 Å². The van der Waals surface area contributed by atoms with Gasteiger partial charge in [-0.25, -0.2) is 0 Å². The molecule has 0 bridgehead atoms. The fraction of sp³-hybridized carbons (Fsp3) is 0.286. The van der Waals surface area contributed by atoms with E-state index in [0.29, 0.717) is 19.0 Å². The van der Waals surface area contributed by atoms with Gasteiger partial charge in [0.15, 0.2) is 12.0 Å². The van der Waals surface area contributed by atoms with E-state index in [-0.39, 0.29) is 17.4 Å². The van der Waals surface area contributed by atoms with Crippen LogP contribution in [0.1, 0.15) is 17.2 Å². The van der Waals surface area contributed by atoms with Gasteiger partial charge in [0.1, 0.15) is 11.3 Å². The Balaban J connectivity index is 1.42. The maximum Gasteiger partial charge on any atom is 0.252 e. The molecule has 1 fully saturated rings. The molecule has 0 spiro atoms. The minimum atomic E-state index is -0.664. The van der Waals surface area contributed by atoms with Gasteiger partial charge in [0, 0.05) is 25.3 Å². The average Bonchev–Trinajstić information content (AvgIpc) is 3.17. The highest BCUT2D eigenvalue weighted by Gasteiger charge is 2.28. The molecule has 2 aliphatic rings. The van der Waals surface area contributed by atoms with E-state index in [1.165, 1.54) is 0 Å². The Bertz CT molecular complexity index is 950. The predicted molar refractivity (Wildman–Crippen MR) is 111 cm³/mol. The summed E-state index contributed by atoms with van der Waals surface area (Å²) >= 11 is 0. The van der Waals surface area contributed by atoms with Crippen LogP contribution >= 0.6 is 0 Å². The Morgan fingerprint density at radius 2 is 1.97 bits per heavy atom. The predicted octanol–water partition coefficient (Wildman–Crippen LogP) is 1.74. The number of phenolic OH excluding ortho intramolecular Hbond substituents is 1. The number of rotatable bonds is 7. The molecule has 30 heavy (non-hydrogen) atoms. The molecular formula is C21H24N6O3. The zero-order chi connectivity index (χ0) is 20.9. The minimum absolute atomic E-state index is 0.0377. The number of primary amides is 1. The number of morpholine rings is 1. The monoisotopic (exact) mass is 408 g/mol. The molecular weight excluding hydrogens is 384 g/mol. The summed E-state index contributed by atoms with van der Waals surface area (Å²) in [7, 11) is 0. The van der Waals surface area contributed by atoms with Crippen molar-refractivity contribution in [1.82, 2.24) is 10.6 Å². The van der Waals surface area contributed by atoms with Gasteiger partial charge in [0.2, 0.25) is 0 Å². The van der Waals surface area contributed by atoms with Gasteiger partial charge in [-0.1, -0.05) is 24.3 Å². The van der Waals surface area contributed by atoms with Gasteiger partial charge in [-0.2, -0.15) is 5.11 Å². The molecule has 2 unspecified atom stereocenters. The van der Waals surface area contributed by atoms with Gasteiger partial charge in [0.25, 0.3) is 5.91 Å². The summed E-state index contributed by atoms with van der Waals surface area (Å²) in [6.45, 7) is 2.77. The van der Waals surface area contributed by atoms with Crippen LogP contribution in [0.5, 0.6) is 5.75 Å². The Kier molecular flexibility index (Phi) is 5.92. The molecule has 1 amide bonds. The summed E-state index contributed by atoms with van der Waals surface area (Å²) in [5.41, 5.74) is 8.67. The van der Waals surface area contributed by atoms with Gasteiger partial charge in [-0.3, -0.25) is 4.79 Å². The average molecular weight is 408 g/mol. The molecule has 156 valence electrons. The van der Waals surface area contributed by atoms with Crippen LogP contribution in [0.25, 0.3) is 0 Å². The first-order valence-corrected chi connectivity index (χ1v) is 9.75. The highest BCUT2D eigenvalue weighted by molar-refractivity contribution is 5.94. The van der Waals surface area contributed by atoms with Crippen LogP contribution in [-0.2, 0) is 16.1 Å². The summed E-state index contributed by atoms with van der Waals surface area (Å²) in [6, 6.07) is 14.6. The van der Waals surface area contributed by atoms with E-state index in [1.807, 2.05) is 24.3 Å². The highest BCUT2D eigenvalue weighted by Crippen LogP contribution is 2.25. The lowest BCUT2D eigenvalue weighted by atomic mass is 10.1. The van der Waals surface area contributed by atoms with E-state index in [1.54, 1.807) is 24.3 Å². The molecule has 0 aromatic heterocycles. The molecule has 1 saturated heterocycles. The lowest BCUT2D eigenvalue weighted by Gasteiger charge is -2.24. The van der Waals surface area contributed by atoms with Crippen molar-refractivity contribution >= 4 is 11.6 Å². The first kappa shape index (κ1) is 19.9. The fourth-order valence-electron chi connectivity index (χ4n) is 3.37. The number of nitrogens with zero attached hydrogens (tertiary/aromatic N) is 2.